The highest BCUT2D eigenvalue weighted by atomic mass is 16.4. The second kappa shape index (κ2) is 8.46. The number of carbonyl (C=O) groups is 1. The van der Waals surface area contributed by atoms with Crippen LogP contribution < -0.4 is 5.32 Å². The molecule has 0 fully saturated rings. The number of oxime groups is 1. The van der Waals surface area contributed by atoms with Gasteiger partial charge in [0.05, 0.1) is 5.71 Å². The summed E-state index contributed by atoms with van der Waals surface area (Å²) in [4.78, 5) is 17.0. The number of hydrogen-bond donors (Lipinski definition) is 2. The van der Waals surface area contributed by atoms with Crippen LogP contribution in [-0.4, -0.2) is 28.2 Å². The summed E-state index contributed by atoms with van der Waals surface area (Å²) < 4.78 is 0. The van der Waals surface area contributed by atoms with Crippen LogP contribution in [0.4, 0.5) is 0 Å². The summed E-state index contributed by atoms with van der Waals surface area (Å²) in [6.45, 7) is 5.13. The molecule has 23 heavy (non-hydrogen) atoms. The number of pyridine rings is 1. The van der Waals surface area contributed by atoms with E-state index in [9.17, 15) is 10.0 Å². The molecule has 1 heterocycles. The van der Waals surface area contributed by atoms with E-state index in [0.717, 1.165) is 44.3 Å². The number of aromatic nitrogens is 1. The molecule has 0 radical (unpaired) electrons. The minimum atomic E-state index is -0.0527. The molecule has 124 valence electrons. The molecule has 0 spiro atoms. The van der Waals surface area contributed by atoms with Gasteiger partial charge in [-0.1, -0.05) is 31.8 Å². The first kappa shape index (κ1) is 17.2. The molecular formula is C18H25N3O2. The molecule has 5 heteroatoms. The largest absolute Gasteiger partial charge is 0.411 e. The van der Waals surface area contributed by atoms with Gasteiger partial charge in [-0.15, -0.1) is 0 Å². The zero-order valence-electron chi connectivity index (χ0n) is 13.9. The fourth-order valence-electron chi connectivity index (χ4n) is 2.75. The lowest BCUT2D eigenvalue weighted by atomic mass is 9.86. The van der Waals surface area contributed by atoms with Crippen LogP contribution in [0, 0.1) is 0 Å². The number of nitrogens with zero attached hydrogens (tertiary/aromatic N) is 2. The molecule has 0 atom stereocenters. The van der Waals surface area contributed by atoms with E-state index in [-0.39, 0.29) is 5.78 Å². The first-order valence-electron chi connectivity index (χ1n) is 8.39. The maximum Gasteiger partial charge on any atom is 0.210 e. The van der Waals surface area contributed by atoms with Crippen molar-refractivity contribution in [2.75, 3.05) is 6.54 Å². The Morgan fingerprint density at radius 3 is 2.83 bits per heavy atom. The maximum absolute atomic E-state index is 12.8. The van der Waals surface area contributed by atoms with Crippen LogP contribution in [0.1, 0.15) is 68.4 Å². The SMILES string of the molecule is CCCCNC(CCCC)=C1CC(=NO)c2cccnc2C1=O. The lowest BCUT2D eigenvalue weighted by molar-refractivity contribution is 0.102. The van der Waals surface area contributed by atoms with Crippen LogP contribution in [0.25, 0.3) is 0 Å². The summed E-state index contributed by atoms with van der Waals surface area (Å²) in [5.74, 6) is -0.0527. The molecule has 0 aliphatic heterocycles. The number of nitrogens with one attached hydrogen (secondary N) is 1. The summed E-state index contributed by atoms with van der Waals surface area (Å²) >= 11 is 0. The number of hydrogen-bond acceptors (Lipinski definition) is 5. The van der Waals surface area contributed by atoms with Gasteiger partial charge in [0.25, 0.3) is 0 Å². The molecule has 5 nitrogen and oxygen atoms in total. The fraction of sp³-hybridized carbons (Fsp3) is 0.500. The summed E-state index contributed by atoms with van der Waals surface area (Å²) in [5.41, 5.74) is 3.19. The first-order chi connectivity index (χ1) is 11.2. The molecule has 0 saturated carbocycles. The maximum atomic E-state index is 12.8. The number of Topliss-reactive ketones (excluding diaryl/α,β-unsaturated/α-hetero) is 1. The Labute approximate surface area is 137 Å². The zero-order valence-corrected chi connectivity index (χ0v) is 13.9. The van der Waals surface area contributed by atoms with Crippen LogP contribution in [0.5, 0.6) is 0 Å². The van der Waals surface area contributed by atoms with Crippen molar-refractivity contribution in [3.63, 3.8) is 0 Å². The van der Waals surface area contributed by atoms with Crippen LogP contribution in [0.2, 0.25) is 0 Å². The van der Waals surface area contributed by atoms with Gasteiger partial charge in [0.1, 0.15) is 5.69 Å². The second-order valence-electron chi connectivity index (χ2n) is 5.79. The molecule has 1 aliphatic rings. The van der Waals surface area contributed by atoms with E-state index < -0.39 is 0 Å². The van der Waals surface area contributed by atoms with E-state index in [1.807, 2.05) is 0 Å². The Hall–Kier alpha value is -2.17. The molecule has 2 N–H and O–H groups in total. The van der Waals surface area contributed by atoms with Gasteiger partial charge in [-0.05, 0) is 31.4 Å². The van der Waals surface area contributed by atoms with E-state index in [1.54, 1.807) is 18.3 Å². The van der Waals surface area contributed by atoms with Crippen molar-refractivity contribution >= 4 is 11.5 Å². The summed E-state index contributed by atoms with van der Waals surface area (Å²) in [5, 5.41) is 16.1. The third-order valence-corrected chi connectivity index (χ3v) is 4.09. The Balaban J connectivity index is 2.39. The lowest BCUT2D eigenvalue weighted by Crippen LogP contribution is -2.27. The van der Waals surface area contributed by atoms with E-state index >= 15 is 0 Å². The minimum absolute atomic E-state index is 0.0527. The molecule has 0 aromatic carbocycles. The highest BCUT2D eigenvalue weighted by Gasteiger charge is 2.30. The van der Waals surface area contributed by atoms with Crippen molar-refractivity contribution in [1.82, 2.24) is 10.3 Å². The van der Waals surface area contributed by atoms with E-state index in [0.29, 0.717) is 29.0 Å². The molecule has 1 aliphatic carbocycles. The number of ketones is 1. The highest BCUT2D eigenvalue weighted by Crippen LogP contribution is 2.27. The van der Waals surface area contributed by atoms with E-state index in [1.165, 1.54) is 0 Å². The third-order valence-electron chi connectivity index (χ3n) is 4.09. The average molecular weight is 315 g/mol. The molecule has 0 saturated heterocycles. The monoisotopic (exact) mass is 315 g/mol. The molecule has 2 rings (SSSR count). The number of rotatable bonds is 7. The molecule has 0 amide bonds. The van der Waals surface area contributed by atoms with Crippen molar-refractivity contribution in [3.05, 3.63) is 40.9 Å². The Morgan fingerprint density at radius 1 is 1.35 bits per heavy atom. The Bertz CT molecular complexity index is 620. The average Bonchev–Trinajstić information content (AvgIpc) is 2.59. The predicted octanol–water partition coefficient (Wildman–Crippen LogP) is 3.68. The third kappa shape index (κ3) is 3.97. The minimum Gasteiger partial charge on any atom is -0.411 e. The highest BCUT2D eigenvalue weighted by molar-refractivity contribution is 6.22. The predicted molar refractivity (Wildman–Crippen MR) is 91.0 cm³/mol. The smallest absolute Gasteiger partial charge is 0.210 e. The van der Waals surface area contributed by atoms with Crippen molar-refractivity contribution in [2.45, 2.75) is 52.4 Å². The number of allylic oxidation sites excluding steroid dienone is 2. The standard InChI is InChI=1S/C18H25N3O2/c1-3-5-9-15(19-10-6-4-2)14-12-16(21-23)13-8-7-11-20-17(13)18(14)22/h7-8,11,19,23H,3-6,9-10,12H2,1-2H3. The van der Waals surface area contributed by atoms with Crippen LogP contribution in [-0.2, 0) is 0 Å². The fourth-order valence-corrected chi connectivity index (χ4v) is 2.75. The number of fused-ring (bicyclic) bond motifs is 1. The topological polar surface area (TPSA) is 74.6 Å². The summed E-state index contributed by atoms with van der Waals surface area (Å²) in [6, 6.07) is 3.53. The van der Waals surface area contributed by atoms with Gasteiger partial charge in [0.15, 0.2) is 0 Å². The quantitative estimate of drug-likeness (QED) is 0.348. The Kier molecular flexibility index (Phi) is 6.32. The van der Waals surface area contributed by atoms with Gasteiger partial charge in [-0.2, -0.15) is 0 Å². The zero-order chi connectivity index (χ0) is 16.7. The molecule has 0 unspecified atom stereocenters. The van der Waals surface area contributed by atoms with Crippen molar-refractivity contribution in [1.29, 1.82) is 0 Å². The lowest BCUT2D eigenvalue weighted by Gasteiger charge is -2.22. The van der Waals surface area contributed by atoms with Gasteiger partial charge in [0, 0.05) is 36.0 Å². The number of carbonyl (C=O) groups excluding carboxylic acids is 1. The molecule has 1 aromatic heterocycles. The van der Waals surface area contributed by atoms with Gasteiger partial charge in [-0.25, -0.2) is 0 Å². The van der Waals surface area contributed by atoms with Gasteiger partial charge in [0.2, 0.25) is 5.78 Å². The van der Waals surface area contributed by atoms with Crippen molar-refractivity contribution < 1.29 is 10.0 Å². The summed E-state index contributed by atoms with van der Waals surface area (Å²) in [6.07, 6.45) is 7.04. The second-order valence-corrected chi connectivity index (χ2v) is 5.79. The van der Waals surface area contributed by atoms with Crippen LogP contribution in [0.3, 0.4) is 0 Å². The van der Waals surface area contributed by atoms with Crippen molar-refractivity contribution in [2.24, 2.45) is 5.16 Å². The van der Waals surface area contributed by atoms with E-state index in [4.69, 9.17) is 0 Å². The van der Waals surface area contributed by atoms with Gasteiger partial charge < -0.3 is 10.5 Å². The van der Waals surface area contributed by atoms with Crippen LogP contribution >= 0.6 is 0 Å². The van der Waals surface area contributed by atoms with E-state index in [2.05, 4.69) is 29.3 Å². The molecule has 0 bridgehead atoms. The molecular weight excluding hydrogens is 290 g/mol. The normalized spacial score (nSPS) is 18.0. The van der Waals surface area contributed by atoms with Gasteiger partial charge >= 0.3 is 0 Å². The van der Waals surface area contributed by atoms with Gasteiger partial charge in [-0.3, -0.25) is 9.78 Å². The Morgan fingerprint density at radius 2 is 2.13 bits per heavy atom. The van der Waals surface area contributed by atoms with Crippen molar-refractivity contribution in [3.8, 4) is 0 Å². The first-order valence-corrected chi connectivity index (χ1v) is 8.39. The number of unbranched alkanes of at least 4 members (excludes halogenated alkanes) is 2. The molecule has 1 aromatic rings. The summed E-state index contributed by atoms with van der Waals surface area (Å²) in [7, 11) is 0. The van der Waals surface area contributed by atoms with Crippen LogP contribution in [0.15, 0.2) is 34.8 Å².